The maximum atomic E-state index is 12.5. The zero-order valence-electron chi connectivity index (χ0n) is 41.2. The van der Waals surface area contributed by atoms with Gasteiger partial charge in [-0.1, -0.05) is 82.0 Å². The first-order chi connectivity index (χ1) is 35.7. The van der Waals surface area contributed by atoms with Gasteiger partial charge in [0.2, 0.25) is 0 Å². The lowest BCUT2D eigenvalue weighted by molar-refractivity contribution is -0.117. The number of carbonyl (C=O) groups is 4. The molecule has 3 aliphatic rings. The van der Waals surface area contributed by atoms with Crippen LogP contribution in [0.15, 0.2) is 60.3 Å². The summed E-state index contributed by atoms with van der Waals surface area (Å²) >= 11 is 0. The van der Waals surface area contributed by atoms with Gasteiger partial charge in [-0.15, -0.1) is 0 Å². The van der Waals surface area contributed by atoms with Gasteiger partial charge in [0.25, 0.3) is 0 Å². The predicted octanol–water partition coefficient (Wildman–Crippen LogP) is 5.94. The molecule has 2 heterocycles. The van der Waals surface area contributed by atoms with E-state index in [1.165, 1.54) is 28.1 Å². The van der Waals surface area contributed by atoms with E-state index in [2.05, 4.69) is 65.2 Å². The van der Waals surface area contributed by atoms with E-state index in [0.717, 1.165) is 11.1 Å². The molecule has 2 aliphatic heterocycles. The van der Waals surface area contributed by atoms with Crippen LogP contribution in [0.4, 0.5) is 14.4 Å². The third-order valence-corrected chi connectivity index (χ3v) is 17.6. The Kier molecular flexibility index (Phi) is 25.4. The quantitative estimate of drug-likeness (QED) is 0.0111. The van der Waals surface area contributed by atoms with Crippen LogP contribution in [0, 0.1) is 11.8 Å². The molecule has 7 N–H and O–H groups in total. The number of nitrogens with one attached hydrogen (secondary N) is 3. The van der Waals surface area contributed by atoms with Crippen molar-refractivity contribution >= 4 is 69.1 Å². The van der Waals surface area contributed by atoms with Crippen molar-refractivity contribution in [3.63, 3.8) is 0 Å². The highest BCUT2D eigenvalue weighted by Gasteiger charge is 2.42. The molecule has 2 unspecified atom stereocenters. The lowest BCUT2D eigenvalue weighted by Crippen LogP contribution is -2.31. The second-order valence-corrected chi connectivity index (χ2v) is 24.5. The van der Waals surface area contributed by atoms with Gasteiger partial charge in [-0.2, -0.15) is 8.62 Å². The highest BCUT2D eigenvalue weighted by molar-refractivity contribution is 8.77. The number of benzene rings is 2. The Morgan fingerprint density at radius 3 is 2.03 bits per heavy atom. The van der Waals surface area contributed by atoms with E-state index in [0.29, 0.717) is 58.0 Å². The molecule has 5 rings (SSSR count). The van der Waals surface area contributed by atoms with Crippen LogP contribution in [0.1, 0.15) is 63.0 Å². The number of phosphoric ester groups is 1. The smallest absolute Gasteiger partial charge is 0.450 e. The fraction of sp³-hybridized carbons (Fsp3) is 0.556. The molecule has 25 nitrogen and oxygen atoms in total. The Hall–Kier alpha value is -4.03. The van der Waals surface area contributed by atoms with Crippen LogP contribution in [0.5, 0.6) is 0 Å². The summed E-state index contributed by atoms with van der Waals surface area (Å²) in [5, 5.41) is 7.85. The zero-order chi connectivity index (χ0) is 54.3. The maximum Gasteiger partial charge on any atom is 0.490 e. The molecule has 2 aromatic rings. The summed E-state index contributed by atoms with van der Waals surface area (Å²) < 4.78 is 84.5. The molecule has 0 radical (unpaired) electrons. The second kappa shape index (κ2) is 30.8. The number of ether oxygens (including phenoxy) is 7. The zero-order valence-corrected chi connectivity index (χ0v) is 45.5. The minimum atomic E-state index is -5.65. The molecule has 1 aliphatic carbocycles. The monoisotopic (exact) mass is 1150 g/mol. The number of hydrogen-bond donors (Lipinski definition) is 7. The minimum absolute atomic E-state index is 0.00915. The molecule has 0 saturated carbocycles. The molecule has 1 saturated heterocycles. The normalized spacial score (nSPS) is 17.9. The van der Waals surface area contributed by atoms with Crippen molar-refractivity contribution in [3.8, 4) is 23.0 Å². The summed E-state index contributed by atoms with van der Waals surface area (Å²) in [7, 11) is -13.3. The molecule has 0 spiro atoms. The van der Waals surface area contributed by atoms with Crippen LogP contribution in [0.25, 0.3) is 11.1 Å². The lowest BCUT2D eigenvalue weighted by atomic mass is 9.98. The molecule has 0 aromatic heterocycles. The van der Waals surface area contributed by atoms with Gasteiger partial charge in [0.05, 0.1) is 71.0 Å². The average Bonchev–Trinajstić information content (AvgIpc) is 4.06. The number of alkyl carbamates (subject to hydrolysis) is 3. The minimum Gasteiger partial charge on any atom is -0.450 e. The highest BCUT2D eigenvalue weighted by Crippen LogP contribution is 2.66. The van der Waals surface area contributed by atoms with Gasteiger partial charge in [0.15, 0.2) is 5.78 Å². The van der Waals surface area contributed by atoms with Gasteiger partial charge < -0.3 is 73.6 Å². The molecule has 1 fully saturated rings. The van der Waals surface area contributed by atoms with Crippen molar-refractivity contribution in [3.05, 3.63) is 71.4 Å². The van der Waals surface area contributed by atoms with Gasteiger partial charge in [-0.3, -0.25) is 9.32 Å². The Morgan fingerprint density at radius 1 is 0.747 bits per heavy atom. The summed E-state index contributed by atoms with van der Waals surface area (Å²) in [5.41, 5.74) is 4.80. The highest BCUT2D eigenvalue weighted by atomic mass is 33.1. The van der Waals surface area contributed by atoms with Crippen molar-refractivity contribution in [2.24, 2.45) is 0 Å². The summed E-state index contributed by atoms with van der Waals surface area (Å²) in [5.74, 6) is 5.50. The van der Waals surface area contributed by atoms with Crippen LogP contribution >= 0.6 is 45.1 Å². The second-order valence-electron chi connectivity index (χ2n) is 17.1. The Bertz CT molecular complexity index is 2430. The summed E-state index contributed by atoms with van der Waals surface area (Å²) in [4.78, 5) is 86.8. The number of nitrogens with zero attached hydrogens (tertiary/aromatic N) is 1. The number of phosphoric acid groups is 3. The van der Waals surface area contributed by atoms with E-state index in [-0.39, 0.29) is 81.0 Å². The first kappa shape index (κ1) is 61.8. The molecule has 75 heavy (non-hydrogen) atoms. The Labute approximate surface area is 441 Å². The molecule has 416 valence electrons. The number of amides is 3. The Balaban J connectivity index is 0.779. The van der Waals surface area contributed by atoms with Crippen LogP contribution < -0.4 is 16.0 Å². The van der Waals surface area contributed by atoms with Crippen molar-refractivity contribution in [2.75, 3.05) is 91.6 Å². The first-order valence-corrected chi connectivity index (χ1v) is 30.4. The van der Waals surface area contributed by atoms with Crippen LogP contribution in [0.2, 0.25) is 0 Å². The molecule has 3 amide bonds. The van der Waals surface area contributed by atoms with Crippen molar-refractivity contribution < 1.29 is 98.7 Å². The fourth-order valence-corrected chi connectivity index (χ4v) is 12.6. The molecule has 2 aromatic carbocycles. The van der Waals surface area contributed by atoms with Gasteiger partial charge in [-0.05, 0) is 68.2 Å². The lowest BCUT2D eigenvalue weighted by Gasteiger charge is -2.23. The number of rotatable bonds is 32. The van der Waals surface area contributed by atoms with Crippen molar-refractivity contribution in [1.29, 1.82) is 0 Å². The summed E-state index contributed by atoms with van der Waals surface area (Å²) in [6.07, 6.45) is 0.799. The number of hydrogen-bond acceptors (Lipinski definition) is 20. The van der Waals surface area contributed by atoms with E-state index in [1.54, 1.807) is 15.7 Å². The van der Waals surface area contributed by atoms with E-state index < -0.39 is 60.7 Å². The van der Waals surface area contributed by atoms with Gasteiger partial charge in [0, 0.05) is 36.6 Å². The molecule has 4 atom stereocenters. The molecular weight excluding hydrogens is 1090 g/mol. The number of ketones is 1. The molecular formula is C45H63N4O21P3S2. The number of fused-ring (bicyclic) bond motifs is 3. The number of unbranched alkanes of at least 4 members (excludes halogenated alkanes) is 1. The number of carbonyl (C=O) groups excluding carboxylic acids is 4. The van der Waals surface area contributed by atoms with Gasteiger partial charge >= 0.3 is 41.7 Å². The van der Waals surface area contributed by atoms with Gasteiger partial charge in [0.1, 0.15) is 18.8 Å². The number of Topliss-reactive ketones (excluding diaryl/α,β-unsaturated/α-hetero) is 1. The average molecular weight is 1150 g/mol. The van der Waals surface area contributed by atoms with Crippen molar-refractivity contribution in [2.45, 2.75) is 68.9 Å². The van der Waals surface area contributed by atoms with E-state index >= 15 is 0 Å². The van der Waals surface area contributed by atoms with Crippen LogP contribution in [0.3, 0.4) is 0 Å². The van der Waals surface area contributed by atoms with Crippen LogP contribution in [-0.2, 0) is 64.8 Å². The standard InChI is InChI=1S/C45H63N4O21P3S2/c1-45(2,17-23-65-43(52)47-19-24-61-26-27-62-25-20-48-44(53)66-31-39-37-13-5-3-11-35(37)36-12-4-6-14-38(36)39)75-74-32-63-21-7-8-22-64-42(51)46-18-9-10-33-28-49(29-40(33)50)41-16-15-34(68-41)30-67-72(57,58)70-73(59,60)69-71(54,55)56/h3-6,11-14,28,34,39,41H,7-8,15-27,29-32H2,1-2H3,(H,46,51)(H,47,52)(H,48,53)(H,57,58)(H,59,60)(H2,54,55,56)/t34-,41+/m0/s1. The summed E-state index contributed by atoms with van der Waals surface area (Å²) in [6, 6.07) is 16.3. The first-order valence-electron chi connectivity index (χ1n) is 23.6. The third-order valence-electron chi connectivity index (χ3n) is 10.8. The largest absolute Gasteiger partial charge is 0.490 e. The predicted molar refractivity (Wildman–Crippen MR) is 273 cm³/mol. The van der Waals surface area contributed by atoms with Crippen LogP contribution in [-0.4, -0.2) is 157 Å². The fourth-order valence-electron chi connectivity index (χ4n) is 7.31. The van der Waals surface area contributed by atoms with E-state index in [9.17, 15) is 42.7 Å². The van der Waals surface area contributed by atoms with E-state index in [1.807, 2.05) is 38.1 Å². The molecule has 0 bridgehead atoms. The van der Waals surface area contributed by atoms with Gasteiger partial charge in [-0.25, -0.2) is 28.1 Å². The topological polar surface area (TPSA) is 332 Å². The Morgan fingerprint density at radius 2 is 1.36 bits per heavy atom. The third kappa shape index (κ3) is 23.2. The van der Waals surface area contributed by atoms with Crippen molar-refractivity contribution in [1.82, 2.24) is 20.9 Å². The van der Waals surface area contributed by atoms with E-state index in [4.69, 9.17) is 42.9 Å². The SMILES string of the molecule is CC(C)(CCOC(=O)NCCOCCOCCNC(=O)OCC1c2ccccc2-c2ccccc21)SSCOCCCCOC(=O)NCC#CC1=CN([C@H]2CC[C@@H](COP(=O)(O)OP(=O)(O)OP(=O)(O)O)O2)CC1=O. The summed E-state index contributed by atoms with van der Waals surface area (Å²) in [6.45, 7) is 6.18. The molecule has 30 heteroatoms. The maximum absolute atomic E-state index is 12.5.